The van der Waals surface area contributed by atoms with Crippen molar-refractivity contribution in [3.05, 3.63) is 35.9 Å². The summed E-state index contributed by atoms with van der Waals surface area (Å²) in [5.41, 5.74) is 3.28. The number of rotatable bonds is 5. The molecule has 1 aromatic carbocycles. The van der Waals surface area contributed by atoms with Gasteiger partial charge in [-0.1, -0.05) is 13.0 Å². The maximum absolute atomic E-state index is 12.9. The first kappa shape index (κ1) is 27.2. The molecule has 0 radical (unpaired) electrons. The largest absolute Gasteiger partial charge is 0.389 e. The normalized spacial score (nSPS) is 22.1. The summed E-state index contributed by atoms with van der Waals surface area (Å²) < 4.78 is 43.9. The van der Waals surface area contributed by atoms with Gasteiger partial charge in [-0.2, -0.15) is 13.2 Å². The van der Waals surface area contributed by atoms with Crippen molar-refractivity contribution in [2.45, 2.75) is 39.3 Å². The Morgan fingerprint density at radius 2 is 1.85 bits per heavy atom. The van der Waals surface area contributed by atoms with Crippen LogP contribution in [0.2, 0.25) is 0 Å². The quantitative estimate of drug-likeness (QED) is 0.568. The van der Waals surface area contributed by atoms with Crippen LogP contribution in [0, 0.1) is 18.8 Å². The molecule has 3 fully saturated rings. The summed E-state index contributed by atoms with van der Waals surface area (Å²) in [6.45, 7) is 7.60. The lowest BCUT2D eigenvalue weighted by atomic mass is 10.00. The highest BCUT2D eigenvalue weighted by Crippen LogP contribution is 2.35. The topological polar surface area (TPSA) is 78.0 Å². The minimum atomic E-state index is -4.23. The second-order valence-corrected chi connectivity index (χ2v) is 10.9. The molecule has 11 heteroatoms. The van der Waals surface area contributed by atoms with Crippen molar-refractivity contribution in [1.82, 2.24) is 9.88 Å². The van der Waals surface area contributed by atoms with Gasteiger partial charge in [0.05, 0.1) is 13.2 Å². The monoisotopic (exact) mass is 545 g/mol. The summed E-state index contributed by atoms with van der Waals surface area (Å²) in [5.74, 6) is 1.09. The van der Waals surface area contributed by atoms with E-state index in [0.29, 0.717) is 63.7 Å². The van der Waals surface area contributed by atoms with Crippen LogP contribution in [0.25, 0.3) is 11.1 Å². The number of ether oxygens (including phenoxy) is 1. The standard InChI is InChI=1S/C28H34F3N5O3/c1-18-11-26(37)36(16-18)25-13-21(12-24(33-25)34-7-9-39-10-8-34)23-14-22(4-3-19(23)2)32-27(38)35-6-5-20(17-35)15-28(29,30)31/h3-4,12-14,18,20H,5-11,15-17H2,1-2H3,(H,32,38)/t18-,20+/m1/s1. The Balaban J connectivity index is 1.40. The van der Waals surface area contributed by atoms with Gasteiger partial charge in [0.1, 0.15) is 11.6 Å². The zero-order valence-electron chi connectivity index (χ0n) is 22.3. The predicted molar refractivity (Wildman–Crippen MR) is 143 cm³/mol. The van der Waals surface area contributed by atoms with Crippen LogP contribution in [0.4, 0.5) is 35.3 Å². The van der Waals surface area contributed by atoms with Crippen LogP contribution < -0.4 is 15.1 Å². The van der Waals surface area contributed by atoms with Crippen molar-refractivity contribution in [1.29, 1.82) is 0 Å². The molecule has 39 heavy (non-hydrogen) atoms. The molecule has 2 atom stereocenters. The number of hydrogen-bond acceptors (Lipinski definition) is 5. The lowest BCUT2D eigenvalue weighted by Gasteiger charge is -2.29. The zero-order chi connectivity index (χ0) is 27.7. The van der Waals surface area contributed by atoms with Gasteiger partial charge in [-0.3, -0.25) is 9.69 Å². The fraction of sp³-hybridized carbons (Fsp3) is 0.536. The molecule has 8 nitrogen and oxygen atoms in total. The maximum Gasteiger partial charge on any atom is 0.389 e. The number of carbonyl (C=O) groups excluding carboxylic acids is 2. The minimum Gasteiger partial charge on any atom is -0.378 e. The van der Waals surface area contributed by atoms with E-state index in [1.807, 2.05) is 38.1 Å². The molecule has 1 N–H and O–H groups in total. The number of halogens is 3. The minimum absolute atomic E-state index is 0.0484. The summed E-state index contributed by atoms with van der Waals surface area (Å²) in [6.07, 6.45) is -4.28. The molecule has 0 spiro atoms. The lowest BCUT2D eigenvalue weighted by molar-refractivity contribution is -0.143. The summed E-state index contributed by atoms with van der Waals surface area (Å²) in [7, 11) is 0. The van der Waals surface area contributed by atoms with Gasteiger partial charge in [0.2, 0.25) is 5.91 Å². The van der Waals surface area contributed by atoms with Crippen LogP contribution in [-0.4, -0.2) is 73.9 Å². The molecule has 0 unspecified atom stereocenters. The summed E-state index contributed by atoms with van der Waals surface area (Å²) >= 11 is 0. The van der Waals surface area contributed by atoms with Crippen LogP contribution >= 0.6 is 0 Å². The smallest absolute Gasteiger partial charge is 0.378 e. The molecule has 1 aromatic heterocycles. The van der Waals surface area contributed by atoms with E-state index in [0.717, 1.165) is 22.5 Å². The molecule has 3 aliphatic rings. The molecule has 0 bridgehead atoms. The van der Waals surface area contributed by atoms with E-state index < -0.39 is 24.5 Å². The average molecular weight is 546 g/mol. The van der Waals surface area contributed by atoms with Gasteiger partial charge in [-0.25, -0.2) is 9.78 Å². The van der Waals surface area contributed by atoms with Gasteiger partial charge < -0.3 is 19.9 Å². The number of carbonyl (C=O) groups is 2. The molecule has 3 saturated heterocycles. The number of pyridine rings is 1. The number of likely N-dealkylation sites (tertiary alicyclic amines) is 1. The second kappa shape index (κ2) is 11.0. The van der Waals surface area contributed by atoms with Crippen molar-refractivity contribution < 1.29 is 27.5 Å². The Morgan fingerprint density at radius 1 is 1.10 bits per heavy atom. The van der Waals surface area contributed by atoms with Crippen LogP contribution in [0.1, 0.15) is 31.7 Å². The molecule has 0 saturated carbocycles. The number of morpholine rings is 1. The van der Waals surface area contributed by atoms with E-state index in [1.54, 1.807) is 11.0 Å². The van der Waals surface area contributed by atoms with E-state index in [4.69, 9.17) is 9.72 Å². The number of alkyl halides is 3. The molecule has 3 amide bonds. The van der Waals surface area contributed by atoms with Crippen molar-refractivity contribution in [2.24, 2.45) is 11.8 Å². The van der Waals surface area contributed by atoms with Gasteiger partial charge in [-0.05, 0) is 66.1 Å². The highest BCUT2D eigenvalue weighted by atomic mass is 19.4. The molecular weight excluding hydrogens is 511 g/mol. The third-order valence-electron chi connectivity index (χ3n) is 7.62. The number of aryl methyl sites for hydroxylation is 1. The summed E-state index contributed by atoms with van der Waals surface area (Å²) in [6, 6.07) is 9.06. The molecule has 2 aromatic rings. The Morgan fingerprint density at radius 3 is 2.54 bits per heavy atom. The Bertz CT molecular complexity index is 1230. The van der Waals surface area contributed by atoms with E-state index in [-0.39, 0.29) is 18.4 Å². The Hall–Kier alpha value is -3.34. The number of nitrogens with zero attached hydrogens (tertiary/aromatic N) is 4. The average Bonchev–Trinajstić information content (AvgIpc) is 3.49. The first-order valence-electron chi connectivity index (χ1n) is 13.4. The first-order chi connectivity index (χ1) is 18.6. The highest BCUT2D eigenvalue weighted by molar-refractivity contribution is 5.96. The SMILES string of the molecule is Cc1ccc(NC(=O)N2CC[C@@H](CC(F)(F)F)C2)cc1-c1cc(N2CCOCC2)nc(N2C[C@H](C)CC2=O)c1. The fourth-order valence-electron chi connectivity index (χ4n) is 5.58. The van der Waals surface area contributed by atoms with Crippen LogP contribution in [-0.2, 0) is 9.53 Å². The third kappa shape index (κ3) is 6.46. The van der Waals surface area contributed by atoms with Gasteiger partial charge in [-0.15, -0.1) is 0 Å². The maximum atomic E-state index is 12.9. The van der Waals surface area contributed by atoms with E-state index in [9.17, 15) is 22.8 Å². The molecular formula is C28H34F3N5O3. The van der Waals surface area contributed by atoms with Crippen LogP contribution in [0.15, 0.2) is 30.3 Å². The van der Waals surface area contributed by atoms with Gasteiger partial charge in [0.25, 0.3) is 0 Å². The van der Waals surface area contributed by atoms with Crippen molar-refractivity contribution in [2.75, 3.05) is 61.1 Å². The second-order valence-electron chi connectivity index (χ2n) is 10.9. The molecule has 210 valence electrons. The number of amides is 3. The number of nitrogens with one attached hydrogen (secondary N) is 1. The Labute approximate surface area is 226 Å². The van der Waals surface area contributed by atoms with Gasteiger partial charge in [0.15, 0.2) is 0 Å². The van der Waals surface area contributed by atoms with Gasteiger partial charge >= 0.3 is 12.2 Å². The number of hydrogen-bond donors (Lipinski definition) is 1. The van der Waals surface area contributed by atoms with Crippen molar-refractivity contribution >= 4 is 29.3 Å². The third-order valence-corrected chi connectivity index (χ3v) is 7.62. The lowest BCUT2D eigenvalue weighted by Crippen LogP contribution is -2.37. The summed E-state index contributed by atoms with van der Waals surface area (Å²) in [4.78, 5) is 35.8. The van der Waals surface area contributed by atoms with Crippen LogP contribution in [0.3, 0.4) is 0 Å². The molecule has 3 aliphatic heterocycles. The van der Waals surface area contributed by atoms with Crippen molar-refractivity contribution in [3.8, 4) is 11.1 Å². The van der Waals surface area contributed by atoms with Crippen molar-refractivity contribution in [3.63, 3.8) is 0 Å². The first-order valence-corrected chi connectivity index (χ1v) is 13.4. The Kier molecular flexibility index (Phi) is 7.70. The van der Waals surface area contributed by atoms with E-state index in [2.05, 4.69) is 10.2 Å². The van der Waals surface area contributed by atoms with E-state index >= 15 is 0 Å². The number of benzene rings is 1. The molecule has 4 heterocycles. The van der Waals surface area contributed by atoms with Crippen LogP contribution in [0.5, 0.6) is 0 Å². The number of aromatic nitrogens is 1. The van der Waals surface area contributed by atoms with E-state index in [1.165, 1.54) is 4.90 Å². The summed E-state index contributed by atoms with van der Waals surface area (Å²) in [5, 5.41) is 2.86. The molecule has 0 aliphatic carbocycles. The predicted octanol–water partition coefficient (Wildman–Crippen LogP) is 5.07. The van der Waals surface area contributed by atoms with Gasteiger partial charge in [0, 0.05) is 51.3 Å². The zero-order valence-corrected chi connectivity index (χ0v) is 22.3. The number of anilines is 3. The molecule has 5 rings (SSSR count). The number of urea groups is 1. The highest BCUT2D eigenvalue weighted by Gasteiger charge is 2.36. The fourth-order valence-corrected chi connectivity index (χ4v) is 5.58.